The number of carbonyl (C=O) groups is 1. The Labute approximate surface area is 169 Å². The maximum atomic E-state index is 13.4. The molecule has 0 aliphatic carbocycles. The third-order valence-electron chi connectivity index (χ3n) is 4.59. The van der Waals surface area contributed by atoms with Gasteiger partial charge in [0.25, 0.3) is 5.91 Å². The molecule has 9 heteroatoms. The summed E-state index contributed by atoms with van der Waals surface area (Å²) in [6, 6.07) is 4.78. The highest BCUT2D eigenvalue weighted by molar-refractivity contribution is 9.08. The van der Waals surface area contributed by atoms with Crippen LogP contribution in [0.1, 0.15) is 41.4 Å². The number of nitrogens with one attached hydrogen (secondary N) is 1. The van der Waals surface area contributed by atoms with Crippen molar-refractivity contribution in [2.45, 2.75) is 43.9 Å². The van der Waals surface area contributed by atoms with Gasteiger partial charge in [-0.05, 0) is 43.0 Å². The number of ether oxygens (including phenoxy) is 1. The fourth-order valence-corrected chi connectivity index (χ4v) is 3.50. The van der Waals surface area contributed by atoms with E-state index in [0.717, 1.165) is 12.8 Å². The molecule has 0 spiro atoms. The van der Waals surface area contributed by atoms with E-state index in [0.29, 0.717) is 41.7 Å². The van der Waals surface area contributed by atoms with E-state index in [2.05, 4.69) is 26.3 Å². The van der Waals surface area contributed by atoms with E-state index in [1.54, 1.807) is 19.1 Å². The molecule has 0 saturated carbocycles. The van der Waals surface area contributed by atoms with Crippen LogP contribution in [0.5, 0.6) is 0 Å². The number of aromatic nitrogens is 2. The van der Waals surface area contributed by atoms with E-state index in [1.807, 2.05) is 0 Å². The third kappa shape index (κ3) is 4.75. The van der Waals surface area contributed by atoms with E-state index in [1.165, 1.54) is 16.9 Å². The first kappa shape index (κ1) is 20.9. The number of nitrogens with zero attached hydrogens (tertiary/aromatic N) is 2. The summed E-state index contributed by atoms with van der Waals surface area (Å²) in [6.07, 6.45) is -1.38. The van der Waals surface area contributed by atoms with Gasteiger partial charge in [-0.1, -0.05) is 22.0 Å². The first-order valence-corrected chi connectivity index (χ1v) is 10.2. The standard InChI is InChI=1S/C19H21BrF3N3O2/c1-2-26-11-16(17(25-26)19(21,22)23)13-6-12(9-20)7-14(8-13)18(27)24-10-15-4-3-5-28-15/h6-8,11,15H,2-5,9-10H2,1H3,(H,24,27). The molecule has 1 unspecified atom stereocenters. The number of carbonyl (C=O) groups excluding carboxylic acids is 1. The van der Waals surface area contributed by atoms with Gasteiger partial charge in [0, 0.05) is 42.4 Å². The normalized spacial score (nSPS) is 17.1. The highest BCUT2D eigenvalue weighted by Gasteiger charge is 2.37. The Morgan fingerprint density at radius 1 is 1.39 bits per heavy atom. The molecule has 5 nitrogen and oxygen atoms in total. The van der Waals surface area contributed by atoms with Gasteiger partial charge in [-0.25, -0.2) is 0 Å². The molecule has 1 amide bonds. The average Bonchev–Trinajstić information content (AvgIpc) is 3.34. The Balaban J connectivity index is 1.93. The Bertz CT molecular complexity index is 845. The minimum Gasteiger partial charge on any atom is -0.376 e. The van der Waals surface area contributed by atoms with Crippen molar-refractivity contribution in [1.82, 2.24) is 15.1 Å². The maximum absolute atomic E-state index is 13.4. The molecule has 1 fully saturated rings. The number of benzene rings is 1. The van der Waals surface area contributed by atoms with E-state index < -0.39 is 11.9 Å². The lowest BCUT2D eigenvalue weighted by Gasteiger charge is -2.13. The van der Waals surface area contributed by atoms with Crippen molar-refractivity contribution in [3.05, 3.63) is 41.2 Å². The predicted octanol–water partition coefficient (Wildman–Crippen LogP) is 4.39. The number of alkyl halides is 4. The quantitative estimate of drug-likeness (QED) is 0.651. The van der Waals surface area contributed by atoms with Crippen LogP contribution >= 0.6 is 15.9 Å². The summed E-state index contributed by atoms with van der Waals surface area (Å²) in [5.41, 5.74) is 0.336. The zero-order chi connectivity index (χ0) is 20.3. The van der Waals surface area contributed by atoms with E-state index in [4.69, 9.17) is 4.74 Å². The lowest BCUT2D eigenvalue weighted by Crippen LogP contribution is -2.31. The number of halogens is 4. The van der Waals surface area contributed by atoms with Crippen LogP contribution in [0.2, 0.25) is 0 Å². The third-order valence-corrected chi connectivity index (χ3v) is 5.24. The second-order valence-corrected chi connectivity index (χ2v) is 7.20. The molecule has 1 atom stereocenters. The van der Waals surface area contributed by atoms with Gasteiger partial charge in [-0.2, -0.15) is 18.3 Å². The predicted molar refractivity (Wildman–Crippen MR) is 102 cm³/mol. The van der Waals surface area contributed by atoms with Crippen LogP contribution in [0.4, 0.5) is 13.2 Å². The van der Waals surface area contributed by atoms with Gasteiger partial charge in [0.1, 0.15) is 0 Å². The Morgan fingerprint density at radius 2 is 2.18 bits per heavy atom. The van der Waals surface area contributed by atoms with Crippen LogP contribution in [0.25, 0.3) is 11.1 Å². The molecule has 0 bridgehead atoms. The molecule has 1 N–H and O–H groups in total. The lowest BCUT2D eigenvalue weighted by molar-refractivity contribution is -0.141. The molecule has 2 heterocycles. The number of rotatable bonds is 6. The van der Waals surface area contributed by atoms with Crippen molar-refractivity contribution in [3.8, 4) is 11.1 Å². The molecule has 2 aromatic rings. The number of hydrogen-bond donors (Lipinski definition) is 1. The Kier molecular flexibility index (Phi) is 6.44. The van der Waals surface area contributed by atoms with Crippen LogP contribution in [0.3, 0.4) is 0 Å². The van der Waals surface area contributed by atoms with Crippen molar-refractivity contribution < 1.29 is 22.7 Å². The van der Waals surface area contributed by atoms with E-state index in [-0.39, 0.29) is 17.6 Å². The highest BCUT2D eigenvalue weighted by Crippen LogP contribution is 2.37. The van der Waals surface area contributed by atoms with Gasteiger partial charge >= 0.3 is 6.18 Å². The zero-order valence-electron chi connectivity index (χ0n) is 15.4. The number of amides is 1. The van der Waals surface area contributed by atoms with Gasteiger partial charge in [0.15, 0.2) is 5.69 Å². The second-order valence-electron chi connectivity index (χ2n) is 6.64. The molecule has 1 aromatic carbocycles. The fraction of sp³-hybridized carbons (Fsp3) is 0.474. The maximum Gasteiger partial charge on any atom is 0.435 e. The molecule has 1 saturated heterocycles. The molecular weight excluding hydrogens is 439 g/mol. The SMILES string of the molecule is CCn1cc(-c2cc(CBr)cc(C(=O)NCC3CCCO3)c2)c(C(F)(F)F)n1. The number of hydrogen-bond acceptors (Lipinski definition) is 3. The van der Waals surface area contributed by atoms with Crippen molar-refractivity contribution in [2.75, 3.05) is 13.2 Å². The summed E-state index contributed by atoms with van der Waals surface area (Å²) in [5.74, 6) is -0.337. The van der Waals surface area contributed by atoms with Crippen LogP contribution in [0.15, 0.2) is 24.4 Å². The lowest BCUT2D eigenvalue weighted by atomic mass is 10.00. The largest absolute Gasteiger partial charge is 0.435 e. The summed E-state index contributed by atoms with van der Waals surface area (Å²) >= 11 is 3.32. The van der Waals surface area contributed by atoms with Crippen LogP contribution in [0, 0.1) is 0 Å². The summed E-state index contributed by atoms with van der Waals surface area (Å²) in [6.45, 7) is 3.10. The van der Waals surface area contributed by atoms with Crippen molar-refractivity contribution in [3.63, 3.8) is 0 Å². The average molecular weight is 460 g/mol. The molecule has 152 valence electrons. The van der Waals surface area contributed by atoms with E-state index in [9.17, 15) is 18.0 Å². The van der Waals surface area contributed by atoms with Gasteiger partial charge in [-0.3, -0.25) is 9.48 Å². The summed E-state index contributed by atoms with van der Waals surface area (Å²) in [7, 11) is 0. The van der Waals surface area contributed by atoms with Gasteiger partial charge in [-0.15, -0.1) is 0 Å². The molecule has 1 aliphatic heterocycles. The zero-order valence-corrected chi connectivity index (χ0v) is 16.9. The molecule has 1 aromatic heterocycles. The Hall–Kier alpha value is -1.87. The summed E-state index contributed by atoms with van der Waals surface area (Å²) < 4.78 is 47.1. The Morgan fingerprint density at radius 3 is 2.79 bits per heavy atom. The molecular formula is C19H21BrF3N3O2. The molecule has 28 heavy (non-hydrogen) atoms. The fourth-order valence-electron chi connectivity index (χ4n) is 3.17. The minimum absolute atomic E-state index is 0.0117. The van der Waals surface area contributed by atoms with Crippen molar-refractivity contribution in [1.29, 1.82) is 0 Å². The van der Waals surface area contributed by atoms with Crippen molar-refractivity contribution >= 4 is 21.8 Å². The number of aryl methyl sites for hydroxylation is 1. The van der Waals surface area contributed by atoms with Crippen molar-refractivity contribution in [2.24, 2.45) is 0 Å². The molecule has 0 radical (unpaired) electrons. The van der Waals surface area contributed by atoms with Gasteiger partial charge in [0.05, 0.1) is 6.10 Å². The van der Waals surface area contributed by atoms with Crippen LogP contribution < -0.4 is 5.32 Å². The summed E-state index contributed by atoms with van der Waals surface area (Å²) in [5, 5.41) is 6.88. The monoisotopic (exact) mass is 459 g/mol. The highest BCUT2D eigenvalue weighted by atomic mass is 79.9. The van der Waals surface area contributed by atoms with Crippen LogP contribution in [-0.2, 0) is 22.8 Å². The molecule has 3 rings (SSSR count). The van der Waals surface area contributed by atoms with Crippen LogP contribution in [-0.4, -0.2) is 34.9 Å². The molecule has 1 aliphatic rings. The summed E-state index contributed by atoms with van der Waals surface area (Å²) in [4.78, 5) is 12.6. The van der Waals surface area contributed by atoms with Gasteiger partial charge < -0.3 is 10.1 Å². The first-order valence-electron chi connectivity index (χ1n) is 9.06. The minimum atomic E-state index is -4.58. The first-order chi connectivity index (χ1) is 13.3. The van der Waals surface area contributed by atoms with Gasteiger partial charge in [0.2, 0.25) is 0 Å². The second kappa shape index (κ2) is 8.65. The smallest absolute Gasteiger partial charge is 0.376 e. The van der Waals surface area contributed by atoms with E-state index >= 15 is 0 Å². The topological polar surface area (TPSA) is 56.2 Å².